The van der Waals surface area contributed by atoms with Gasteiger partial charge in [-0.2, -0.15) is 0 Å². The highest BCUT2D eigenvalue weighted by molar-refractivity contribution is 5.71. The molecule has 71 heavy (non-hydrogen) atoms. The SMILES string of the molecule is CC/C=C\C/C=C\C/C=C\C/C=C\C/C=C\CCC(=O)OCC(COC(=O)CCCCCCCCC/C=C\CCCCCCCCCC)OC(=O)CCCCCCC/C=C\C=C/CCCCCCCCC. The van der Waals surface area contributed by atoms with Crippen LogP contribution >= 0.6 is 0 Å². The van der Waals surface area contributed by atoms with Gasteiger partial charge in [0, 0.05) is 19.3 Å². The molecule has 6 nitrogen and oxygen atoms in total. The fourth-order valence-corrected chi connectivity index (χ4v) is 8.12. The zero-order valence-electron chi connectivity index (χ0n) is 46.5. The summed E-state index contributed by atoms with van der Waals surface area (Å²) in [4.78, 5) is 38.2. The van der Waals surface area contributed by atoms with Gasteiger partial charge in [-0.05, 0) is 103 Å². The van der Waals surface area contributed by atoms with Gasteiger partial charge in [0.05, 0.1) is 0 Å². The Balaban J connectivity index is 4.50. The van der Waals surface area contributed by atoms with E-state index in [1.807, 2.05) is 6.08 Å². The zero-order chi connectivity index (χ0) is 51.4. The van der Waals surface area contributed by atoms with Gasteiger partial charge in [0.25, 0.3) is 0 Å². The molecule has 0 saturated carbocycles. The molecule has 0 rings (SSSR count). The molecule has 0 amide bonds. The number of ether oxygens (including phenoxy) is 3. The van der Waals surface area contributed by atoms with Crippen molar-refractivity contribution >= 4 is 17.9 Å². The second kappa shape index (κ2) is 58.9. The first kappa shape index (κ1) is 67.3. The van der Waals surface area contributed by atoms with Crippen molar-refractivity contribution in [1.29, 1.82) is 0 Å². The molecule has 406 valence electrons. The van der Waals surface area contributed by atoms with Gasteiger partial charge >= 0.3 is 17.9 Å². The van der Waals surface area contributed by atoms with E-state index in [1.165, 1.54) is 141 Å². The lowest BCUT2D eigenvalue weighted by molar-refractivity contribution is -0.166. The summed E-state index contributed by atoms with van der Waals surface area (Å²) >= 11 is 0. The van der Waals surface area contributed by atoms with Crippen molar-refractivity contribution in [1.82, 2.24) is 0 Å². The van der Waals surface area contributed by atoms with Crippen molar-refractivity contribution in [3.05, 3.63) is 97.2 Å². The average Bonchev–Trinajstić information content (AvgIpc) is 3.37. The Kier molecular flexibility index (Phi) is 55.9. The van der Waals surface area contributed by atoms with Crippen molar-refractivity contribution in [2.24, 2.45) is 0 Å². The molecule has 0 aliphatic carbocycles. The van der Waals surface area contributed by atoms with Crippen LogP contribution in [0.2, 0.25) is 0 Å². The van der Waals surface area contributed by atoms with Crippen LogP contribution in [0.1, 0.15) is 278 Å². The Morgan fingerprint density at radius 2 is 0.620 bits per heavy atom. The quantitative estimate of drug-likeness (QED) is 0.0199. The molecular formula is C65H110O6. The Bertz CT molecular complexity index is 1410. The Morgan fingerprint density at radius 1 is 0.310 bits per heavy atom. The summed E-state index contributed by atoms with van der Waals surface area (Å²) in [6.45, 7) is 6.45. The minimum atomic E-state index is -0.819. The summed E-state index contributed by atoms with van der Waals surface area (Å²) in [5, 5.41) is 0. The van der Waals surface area contributed by atoms with E-state index in [-0.39, 0.29) is 37.5 Å². The second-order valence-corrected chi connectivity index (χ2v) is 19.5. The summed E-state index contributed by atoms with van der Waals surface area (Å²) in [6.07, 6.45) is 78.4. The van der Waals surface area contributed by atoms with Gasteiger partial charge in [-0.3, -0.25) is 14.4 Å². The van der Waals surface area contributed by atoms with Crippen molar-refractivity contribution in [3.8, 4) is 0 Å². The predicted octanol–water partition coefficient (Wildman–Crippen LogP) is 20.1. The molecule has 0 aliphatic rings. The van der Waals surface area contributed by atoms with Gasteiger partial charge in [-0.1, -0.05) is 253 Å². The molecule has 0 heterocycles. The number of hydrogen-bond donors (Lipinski definition) is 0. The fraction of sp³-hybridized carbons (Fsp3) is 0.708. The Hall–Kier alpha value is -3.67. The molecule has 1 unspecified atom stereocenters. The molecule has 0 spiro atoms. The lowest BCUT2D eigenvalue weighted by Gasteiger charge is -2.18. The van der Waals surface area contributed by atoms with Gasteiger partial charge in [-0.25, -0.2) is 0 Å². The molecular weight excluding hydrogens is 877 g/mol. The highest BCUT2D eigenvalue weighted by Crippen LogP contribution is 2.15. The van der Waals surface area contributed by atoms with Crippen molar-refractivity contribution in [2.75, 3.05) is 13.2 Å². The highest BCUT2D eigenvalue weighted by Gasteiger charge is 2.19. The van der Waals surface area contributed by atoms with E-state index in [2.05, 4.69) is 112 Å². The van der Waals surface area contributed by atoms with Crippen LogP contribution in [0.3, 0.4) is 0 Å². The highest BCUT2D eigenvalue weighted by atomic mass is 16.6. The van der Waals surface area contributed by atoms with Crippen molar-refractivity contribution in [2.45, 2.75) is 284 Å². The minimum absolute atomic E-state index is 0.109. The lowest BCUT2D eigenvalue weighted by atomic mass is 10.1. The number of unbranched alkanes of at least 4 members (excludes halogenated alkanes) is 27. The summed E-state index contributed by atoms with van der Waals surface area (Å²) in [5.41, 5.74) is 0. The molecule has 6 heteroatoms. The summed E-state index contributed by atoms with van der Waals surface area (Å²) in [7, 11) is 0. The Morgan fingerprint density at radius 3 is 1.03 bits per heavy atom. The standard InChI is InChI=1S/C65H110O6/c1-4-7-10-13-16-19-22-25-28-31-33-35-37-40-43-46-49-52-55-58-64(67)70-61-62(60-69-63(66)57-54-51-48-45-42-39-36-30-27-24-21-18-15-12-9-6-3)71-65(68)59-56-53-50-47-44-41-38-34-32-29-26-23-20-17-14-11-8-5-2/h9,12,18,21,27,29-34,38-39,42,48,51,62H,4-8,10-11,13-17,19-20,22-26,28,35-37,40-41,43-47,49-50,52-61H2,1-3H3/b12-9-,21-18-,30-27-,32-29-,33-31-,38-34-,42-39-,51-48-. The van der Waals surface area contributed by atoms with E-state index >= 15 is 0 Å². The minimum Gasteiger partial charge on any atom is -0.462 e. The summed E-state index contributed by atoms with van der Waals surface area (Å²) in [6, 6.07) is 0. The summed E-state index contributed by atoms with van der Waals surface area (Å²) < 4.78 is 16.8. The molecule has 0 radical (unpaired) electrons. The van der Waals surface area contributed by atoms with Gasteiger partial charge in [0.1, 0.15) is 13.2 Å². The van der Waals surface area contributed by atoms with Gasteiger partial charge in [-0.15, -0.1) is 0 Å². The van der Waals surface area contributed by atoms with Gasteiger partial charge in [0.15, 0.2) is 6.10 Å². The lowest BCUT2D eigenvalue weighted by Crippen LogP contribution is -2.30. The van der Waals surface area contributed by atoms with E-state index in [0.29, 0.717) is 19.3 Å². The largest absolute Gasteiger partial charge is 0.462 e. The molecule has 1 atom stereocenters. The third-order valence-corrected chi connectivity index (χ3v) is 12.6. The molecule has 0 saturated heterocycles. The van der Waals surface area contributed by atoms with Crippen LogP contribution in [0, 0.1) is 0 Å². The molecule has 0 aromatic heterocycles. The number of rotatable bonds is 53. The number of hydrogen-bond acceptors (Lipinski definition) is 6. The molecule has 0 aromatic carbocycles. The third kappa shape index (κ3) is 57.1. The van der Waals surface area contributed by atoms with Crippen LogP contribution in [0.5, 0.6) is 0 Å². The maximum Gasteiger partial charge on any atom is 0.306 e. The normalized spacial score (nSPS) is 12.8. The first-order valence-corrected chi connectivity index (χ1v) is 29.8. The molecule has 0 N–H and O–H groups in total. The maximum atomic E-state index is 12.9. The van der Waals surface area contributed by atoms with E-state index in [1.54, 1.807) is 0 Å². The fourth-order valence-electron chi connectivity index (χ4n) is 8.12. The molecule has 0 aromatic rings. The van der Waals surface area contributed by atoms with Crippen LogP contribution in [0.15, 0.2) is 97.2 Å². The zero-order valence-corrected chi connectivity index (χ0v) is 46.5. The number of carbonyl (C=O) groups excluding carboxylic acids is 3. The second-order valence-electron chi connectivity index (χ2n) is 19.5. The number of allylic oxidation sites excluding steroid dienone is 16. The number of carbonyl (C=O) groups is 3. The first-order chi connectivity index (χ1) is 35.0. The van der Waals surface area contributed by atoms with Crippen LogP contribution in [-0.4, -0.2) is 37.2 Å². The average molecular weight is 988 g/mol. The van der Waals surface area contributed by atoms with Crippen molar-refractivity contribution < 1.29 is 28.6 Å². The smallest absolute Gasteiger partial charge is 0.306 e. The van der Waals surface area contributed by atoms with Crippen LogP contribution in [-0.2, 0) is 28.6 Å². The van der Waals surface area contributed by atoms with Crippen molar-refractivity contribution in [3.63, 3.8) is 0 Å². The van der Waals surface area contributed by atoms with Gasteiger partial charge in [0.2, 0.25) is 0 Å². The van der Waals surface area contributed by atoms with Crippen LogP contribution < -0.4 is 0 Å². The molecule has 0 bridgehead atoms. The topological polar surface area (TPSA) is 78.9 Å². The monoisotopic (exact) mass is 987 g/mol. The van der Waals surface area contributed by atoms with Crippen LogP contribution in [0.25, 0.3) is 0 Å². The van der Waals surface area contributed by atoms with E-state index in [9.17, 15) is 14.4 Å². The molecule has 0 aliphatic heterocycles. The van der Waals surface area contributed by atoms with Crippen LogP contribution in [0.4, 0.5) is 0 Å². The van der Waals surface area contributed by atoms with E-state index in [4.69, 9.17) is 14.2 Å². The van der Waals surface area contributed by atoms with E-state index in [0.717, 1.165) is 89.9 Å². The summed E-state index contributed by atoms with van der Waals surface area (Å²) in [5.74, 6) is -1.01. The predicted molar refractivity (Wildman–Crippen MR) is 307 cm³/mol. The Labute approximate surface area is 438 Å². The van der Waals surface area contributed by atoms with E-state index < -0.39 is 6.10 Å². The van der Waals surface area contributed by atoms with Gasteiger partial charge < -0.3 is 14.2 Å². The molecule has 0 fully saturated rings. The number of esters is 3. The third-order valence-electron chi connectivity index (χ3n) is 12.6. The maximum absolute atomic E-state index is 12.9. The first-order valence-electron chi connectivity index (χ1n) is 29.8.